The molecule has 0 saturated heterocycles. The van der Waals surface area contributed by atoms with E-state index < -0.39 is 0 Å². The van der Waals surface area contributed by atoms with Crippen LogP contribution < -0.4 is 15.4 Å². The first kappa shape index (κ1) is 12.9. The Bertz CT molecular complexity index is 583. The van der Waals surface area contributed by atoms with Crippen LogP contribution in [0.3, 0.4) is 0 Å². The van der Waals surface area contributed by atoms with Gasteiger partial charge >= 0.3 is 0 Å². The molecule has 0 amide bonds. The number of nitrogens with two attached hydrogens (primary N) is 1. The SMILES string of the molecule is COc1ccc(C(CN)N2CCc3ccccc32)cn1. The molecular formula is C16H19N3O. The van der Waals surface area contributed by atoms with Gasteiger partial charge in [0.15, 0.2) is 0 Å². The number of anilines is 1. The molecule has 1 aliphatic rings. The monoisotopic (exact) mass is 269 g/mol. The van der Waals surface area contributed by atoms with E-state index in [0.717, 1.165) is 18.5 Å². The second-order valence-corrected chi connectivity index (χ2v) is 4.96. The van der Waals surface area contributed by atoms with Crippen LogP contribution in [0.4, 0.5) is 5.69 Å². The zero-order valence-corrected chi connectivity index (χ0v) is 11.6. The van der Waals surface area contributed by atoms with Gasteiger partial charge < -0.3 is 15.4 Å². The molecule has 0 fully saturated rings. The molecule has 20 heavy (non-hydrogen) atoms. The second-order valence-electron chi connectivity index (χ2n) is 4.96. The second kappa shape index (κ2) is 5.51. The highest BCUT2D eigenvalue weighted by atomic mass is 16.5. The van der Waals surface area contributed by atoms with Crippen molar-refractivity contribution < 1.29 is 4.74 Å². The topological polar surface area (TPSA) is 51.4 Å². The van der Waals surface area contributed by atoms with Crippen LogP contribution in [0.25, 0.3) is 0 Å². The smallest absolute Gasteiger partial charge is 0.212 e. The van der Waals surface area contributed by atoms with E-state index in [1.807, 2.05) is 18.3 Å². The first-order valence-electron chi connectivity index (χ1n) is 6.88. The van der Waals surface area contributed by atoms with Crippen LogP contribution in [0.1, 0.15) is 17.2 Å². The lowest BCUT2D eigenvalue weighted by atomic mass is 10.1. The van der Waals surface area contributed by atoms with Gasteiger partial charge in [0, 0.05) is 31.0 Å². The summed E-state index contributed by atoms with van der Waals surface area (Å²) in [6, 6.07) is 12.6. The van der Waals surface area contributed by atoms with Crippen molar-refractivity contribution in [3.05, 3.63) is 53.7 Å². The van der Waals surface area contributed by atoms with Crippen molar-refractivity contribution in [3.8, 4) is 5.88 Å². The lowest BCUT2D eigenvalue weighted by Crippen LogP contribution is -2.32. The molecule has 0 bridgehead atoms. The molecule has 1 unspecified atom stereocenters. The van der Waals surface area contributed by atoms with Gasteiger partial charge in [0.1, 0.15) is 0 Å². The molecule has 0 saturated carbocycles. The predicted molar refractivity (Wildman–Crippen MR) is 80.1 cm³/mol. The number of benzene rings is 1. The number of methoxy groups -OCH3 is 1. The number of pyridine rings is 1. The zero-order valence-electron chi connectivity index (χ0n) is 11.6. The number of ether oxygens (including phenoxy) is 1. The van der Waals surface area contributed by atoms with Gasteiger partial charge in [-0.3, -0.25) is 0 Å². The number of rotatable bonds is 4. The van der Waals surface area contributed by atoms with Crippen LogP contribution in [-0.4, -0.2) is 25.2 Å². The number of nitrogens with zero attached hydrogens (tertiary/aromatic N) is 2. The third-order valence-electron chi connectivity index (χ3n) is 3.88. The van der Waals surface area contributed by atoms with E-state index in [4.69, 9.17) is 10.5 Å². The van der Waals surface area contributed by atoms with Gasteiger partial charge in [-0.05, 0) is 23.6 Å². The Labute approximate surface area is 119 Å². The summed E-state index contributed by atoms with van der Waals surface area (Å²) in [7, 11) is 1.62. The van der Waals surface area contributed by atoms with Crippen molar-refractivity contribution in [3.63, 3.8) is 0 Å². The fraction of sp³-hybridized carbons (Fsp3) is 0.312. The molecule has 0 spiro atoms. The summed E-state index contributed by atoms with van der Waals surface area (Å²) in [5.74, 6) is 0.631. The van der Waals surface area contributed by atoms with Crippen molar-refractivity contribution in [2.75, 3.05) is 25.1 Å². The van der Waals surface area contributed by atoms with Crippen LogP contribution in [0, 0.1) is 0 Å². The molecule has 4 heteroatoms. The van der Waals surface area contributed by atoms with Crippen LogP contribution in [-0.2, 0) is 6.42 Å². The highest BCUT2D eigenvalue weighted by Gasteiger charge is 2.26. The van der Waals surface area contributed by atoms with Gasteiger partial charge in [-0.2, -0.15) is 0 Å². The Morgan fingerprint density at radius 2 is 2.15 bits per heavy atom. The van der Waals surface area contributed by atoms with Gasteiger partial charge in [0.25, 0.3) is 0 Å². The van der Waals surface area contributed by atoms with E-state index in [0.29, 0.717) is 12.4 Å². The third kappa shape index (κ3) is 2.23. The summed E-state index contributed by atoms with van der Waals surface area (Å²) >= 11 is 0. The van der Waals surface area contributed by atoms with E-state index in [-0.39, 0.29) is 6.04 Å². The molecule has 4 nitrogen and oxygen atoms in total. The van der Waals surface area contributed by atoms with Gasteiger partial charge in [-0.1, -0.05) is 24.3 Å². The van der Waals surface area contributed by atoms with Gasteiger partial charge in [0.2, 0.25) is 5.88 Å². The molecule has 1 atom stereocenters. The largest absolute Gasteiger partial charge is 0.481 e. The van der Waals surface area contributed by atoms with E-state index >= 15 is 0 Å². The molecule has 3 rings (SSSR count). The van der Waals surface area contributed by atoms with Crippen molar-refractivity contribution in [2.24, 2.45) is 5.73 Å². The van der Waals surface area contributed by atoms with Gasteiger partial charge in [-0.15, -0.1) is 0 Å². The van der Waals surface area contributed by atoms with E-state index in [9.17, 15) is 0 Å². The van der Waals surface area contributed by atoms with Gasteiger partial charge in [-0.25, -0.2) is 4.98 Å². The lowest BCUT2D eigenvalue weighted by Gasteiger charge is -2.29. The number of hydrogen-bond acceptors (Lipinski definition) is 4. The van der Waals surface area contributed by atoms with Crippen LogP contribution in [0.2, 0.25) is 0 Å². The first-order chi connectivity index (χ1) is 9.83. The van der Waals surface area contributed by atoms with Crippen molar-refractivity contribution >= 4 is 5.69 Å². The molecule has 1 aromatic heterocycles. The average molecular weight is 269 g/mol. The zero-order chi connectivity index (χ0) is 13.9. The predicted octanol–water partition coefficient (Wildman–Crippen LogP) is 2.15. The van der Waals surface area contributed by atoms with E-state index in [1.54, 1.807) is 7.11 Å². The van der Waals surface area contributed by atoms with E-state index in [2.05, 4.69) is 34.1 Å². The Morgan fingerprint density at radius 1 is 1.30 bits per heavy atom. The first-order valence-corrected chi connectivity index (χ1v) is 6.88. The fourth-order valence-corrected chi connectivity index (χ4v) is 2.84. The maximum Gasteiger partial charge on any atom is 0.212 e. The quantitative estimate of drug-likeness (QED) is 0.924. The molecular weight excluding hydrogens is 250 g/mol. The van der Waals surface area contributed by atoms with Gasteiger partial charge in [0.05, 0.1) is 13.2 Å². The van der Waals surface area contributed by atoms with Crippen molar-refractivity contribution in [2.45, 2.75) is 12.5 Å². The number of para-hydroxylation sites is 1. The van der Waals surface area contributed by atoms with E-state index in [1.165, 1.54) is 11.3 Å². The summed E-state index contributed by atoms with van der Waals surface area (Å²) in [4.78, 5) is 6.66. The normalized spacial score (nSPS) is 15.0. The number of fused-ring (bicyclic) bond motifs is 1. The molecule has 2 aromatic rings. The van der Waals surface area contributed by atoms with Crippen LogP contribution >= 0.6 is 0 Å². The summed E-state index contributed by atoms with van der Waals surface area (Å²) in [6.45, 7) is 1.58. The molecule has 104 valence electrons. The maximum atomic E-state index is 6.01. The molecule has 0 aliphatic carbocycles. The number of aromatic nitrogens is 1. The van der Waals surface area contributed by atoms with Crippen LogP contribution in [0.15, 0.2) is 42.6 Å². The maximum absolute atomic E-state index is 6.01. The lowest BCUT2D eigenvalue weighted by molar-refractivity contribution is 0.397. The Balaban J connectivity index is 1.90. The van der Waals surface area contributed by atoms with Crippen molar-refractivity contribution in [1.29, 1.82) is 0 Å². The minimum atomic E-state index is 0.164. The minimum absolute atomic E-state index is 0.164. The highest BCUT2D eigenvalue weighted by molar-refractivity contribution is 5.59. The Kier molecular flexibility index (Phi) is 3.56. The molecule has 2 N–H and O–H groups in total. The summed E-state index contributed by atoms with van der Waals surface area (Å²) in [6.07, 6.45) is 2.94. The fourth-order valence-electron chi connectivity index (χ4n) is 2.84. The molecule has 0 radical (unpaired) electrons. The third-order valence-corrected chi connectivity index (χ3v) is 3.88. The average Bonchev–Trinajstić information content (AvgIpc) is 2.93. The molecule has 1 aromatic carbocycles. The molecule has 1 aliphatic heterocycles. The Morgan fingerprint density at radius 3 is 2.85 bits per heavy atom. The van der Waals surface area contributed by atoms with Crippen molar-refractivity contribution in [1.82, 2.24) is 4.98 Å². The summed E-state index contributed by atoms with van der Waals surface area (Å²) < 4.78 is 5.11. The summed E-state index contributed by atoms with van der Waals surface area (Å²) in [5.41, 5.74) is 9.83. The van der Waals surface area contributed by atoms with Crippen LogP contribution in [0.5, 0.6) is 5.88 Å². The summed E-state index contributed by atoms with van der Waals surface area (Å²) in [5, 5.41) is 0. The highest BCUT2D eigenvalue weighted by Crippen LogP contribution is 2.34. The minimum Gasteiger partial charge on any atom is -0.481 e. The molecule has 2 heterocycles. The number of hydrogen-bond donors (Lipinski definition) is 1. The Hall–Kier alpha value is -2.07. The standard InChI is InChI=1S/C16H19N3O/c1-20-16-7-6-13(11-18-16)15(10-17)19-9-8-12-4-2-3-5-14(12)19/h2-7,11,15H,8-10,17H2,1H3.